The van der Waals surface area contributed by atoms with E-state index in [1.165, 1.54) is 19.4 Å². The Balaban J connectivity index is 2.19. The van der Waals surface area contributed by atoms with Crippen molar-refractivity contribution in [3.8, 4) is 0 Å². The Morgan fingerprint density at radius 3 is 2.81 bits per heavy atom. The van der Waals surface area contributed by atoms with E-state index in [0.717, 1.165) is 25.4 Å². The quantitative estimate of drug-likeness (QED) is 0.719. The molecule has 0 aliphatic carbocycles. The van der Waals surface area contributed by atoms with Crippen LogP contribution in [0.1, 0.15) is 39.5 Å². The molecule has 1 rings (SSSR count). The SMILES string of the molecule is CCC1CCN(CCCC(C)(N)C(=O)O)C1. The predicted molar refractivity (Wildman–Crippen MR) is 64.3 cm³/mol. The minimum Gasteiger partial charge on any atom is -0.480 e. The minimum atomic E-state index is -1.07. The van der Waals surface area contributed by atoms with Crippen LogP contribution in [0.5, 0.6) is 0 Å². The van der Waals surface area contributed by atoms with Gasteiger partial charge in [-0.05, 0) is 45.2 Å². The number of carboxylic acid groups (broad SMARTS) is 1. The van der Waals surface area contributed by atoms with E-state index >= 15 is 0 Å². The molecule has 1 aliphatic rings. The molecule has 0 aromatic heterocycles. The zero-order valence-corrected chi connectivity index (χ0v) is 10.4. The van der Waals surface area contributed by atoms with Gasteiger partial charge in [0.25, 0.3) is 0 Å². The van der Waals surface area contributed by atoms with Gasteiger partial charge in [-0.2, -0.15) is 0 Å². The zero-order valence-electron chi connectivity index (χ0n) is 10.4. The van der Waals surface area contributed by atoms with E-state index in [-0.39, 0.29) is 0 Å². The van der Waals surface area contributed by atoms with E-state index in [1.54, 1.807) is 6.92 Å². The smallest absolute Gasteiger partial charge is 0.323 e. The van der Waals surface area contributed by atoms with Crippen LogP contribution in [0.25, 0.3) is 0 Å². The molecule has 4 nitrogen and oxygen atoms in total. The molecule has 0 saturated carbocycles. The summed E-state index contributed by atoms with van der Waals surface area (Å²) < 4.78 is 0. The number of carbonyl (C=O) groups is 1. The Morgan fingerprint density at radius 1 is 1.62 bits per heavy atom. The summed E-state index contributed by atoms with van der Waals surface area (Å²) >= 11 is 0. The van der Waals surface area contributed by atoms with Crippen LogP contribution in [0.4, 0.5) is 0 Å². The molecule has 1 heterocycles. The van der Waals surface area contributed by atoms with E-state index in [0.29, 0.717) is 6.42 Å². The van der Waals surface area contributed by atoms with Crippen LogP contribution < -0.4 is 5.73 Å². The van der Waals surface area contributed by atoms with Crippen LogP contribution in [0.15, 0.2) is 0 Å². The average molecular weight is 228 g/mol. The van der Waals surface area contributed by atoms with Gasteiger partial charge in [0.05, 0.1) is 0 Å². The summed E-state index contributed by atoms with van der Waals surface area (Å²) in [6.45, 7) is 7.14. The molecule has 0 spiro atoms. The van der Waals surface area contributed by atoms with E-state index in [2.05, 4.69) is 11.8 Å². The highest BCUT2D eigenvalue weighted by Gasteiger charge is 2.28. The van der Waals surface area contributed by atoms with Crippen molar-refractivity contribution in [2.24, 2.45) is 11.7 Å². The lowest BCUT2D eigenvalue weighted by Gasteiger charge is -2.21. The first-order valence-corrected chi connectivity index (χ1v) is 6.20. The van der Waals surface area contributed by atoms with Crippen molar-refractivity contribution < 1.29 is 9.90 Å². The number of nitrogens with zero attached hydrogens (tertiary/aromatic N) is 1. The summed E-state index contributed by atoms with van der Waals surface area (Å²) in [5, 5.41) is 8.87. The molecule has 0 aromatic carbocycles. The van der Waals surface area contributed by atoms with Crippen LogP contribution in [0.3, 0.4) is 0 Å². The van der Waals surface area contributed by atoms with Gasteiger partial charge in [0.2, 0.25) is 0 Å². The summed E-state index contributed by atoms with van der Waals surface area (Å²) in [5.74, 6) is -0.0657. The van der Waals surface area contributed by atoms with E-state index in [1.807, 2.05) is 0 Å². The van der Waals surface area contributed by atoms with Crippen molar-refractivity contribution in [1.82, 2.24) is 4.90 Å². The van der Waals surface area contributed by atoms with Crippen molar-refractivity contribution in [1.29, 1.82) is 0 Å². The fourth-order valence-electron chi connectivity index (χ4n) is 2.23. The Bertz CT molecular complexity index is 241. The first-order chi connectivity index (χ1) is 7.45. The summed E-state index contributed by atoms with van der Waals surface area (Å²) in [5.41, 5.74) is 4.61. The number of rotatable bonds is 6. The molecule has 16 heavy (non-hydrogen) atoms. The Morgan fingerprint density at radius 2 is 2.31 bits per heavy atom. The fourth-order valence-corrected chi connectivity index (χ4v) is 2.23. The molecule has 94 valence electrons. The second kappa shape index (κ2) is 5.64. The number of likely N-dealkylation sites (tertiary alicyclic amines) is 1. The van der Waals surface area contributed by atoms with Crippen molar-refractivity contribution in [3.05, 3.63) is 0 Å². The second-order valence-corrected chi connectivity index (χ2v) is 5.19. The maximum atomic E-state index is 10.8. The van der Waals surface area contributed by atoms with Gasteiger partial charge in [-0.15, -0.1) is 0 Å². The third-order valence-corrected chi connectivity index (χ3v) is 3.61. The van der Waals surface area contributed by atoms with Crippen molar-refractivity contribution in [2.45, 2.75) is 45.1 Å². The summed E-state index contributed by atoms with van der Waals surface area (Å²) in [7, 11) is 0. The number of carboxylic acids is 1. The van der Waals surface area contributed by atoms with Gasteiger partial charge >= 0.3 is 5.97 Å². The van der Waals surface area contributed by atoms with Crippen LogP contribution >= 0.6 is 0 Å². The molecule has 1 saturated heterocycles. The topological polar surface area (TPSA) is 66.6 Å². The Labute approximate surface area is 97.8 Å². The largest absolute Gasteiger partial charge is 0.480 e. The van der Waals surface area contributed by atoms with Gasteiger partial charge in [-0.25, -0.2) is 0 Å². The van der Waals surface area contributed by atoms with Gasteiger partial charge in [-0.3, -0.25) is 4.79 Å². The van der Waals surface area contributed by atoms with Crippen LogP contribution in [0, 0.1) is 5.92 Å². The molecule has 2 unspecified atom stereocenters. The highest BCUT2D eigenvalue weighted by molar-refractivity contribution is 5.77. The lowest BCUT2D eigenvalue weighted by Crippen LogP contribution is -2.45. The molecule has 3 N–H and O–H groups in total. The molecule has 1 fully saturated rings. The van der Waals surface area contributed by atoms with Gasteiger partial charge in [0.1, 0.15) is 5.54 Å². The lowest BCUT2D eigenvalue weighted by atomic mass is 9.97. The van der Waals surface area contributed by atoms with Gasteiger partial charge in [-0.1, -0.05) is 13.3 Å². The van der Waals surface area contributed by atoms with Crippen LogP contribution in [-0.2, 0) is 4.79 Å². The monoisotopic (exact) mass is 228 g/mol. The van der Waals surface area contributed by atoms with Crippen LogP contribution in [-0.4, -0.2) is 41.1 Å². The molecule has 0 aromatic rings. The third-order valence-electron chi connectivity index (χ3n) is 3.61. The van der Waals surface area contributed by atoms with E-state index in [9.17, 15) is 4.79 Å². The van der Waals surface area contributed by atoms with E-state index < -0.39 is 11.5 Å². The first-order valence-electron chi connectivity index (χ1n) is 6.20. The van der Waals surface area contributed by atoms with Crippen molar-refractivity contribution in [2.75, 3.05) is 19.6 Å². The summed E-state index contributed by atoms with van der Waals surface area (Å²) in [6, 6.07) is 0. The zero-order chi connectivity index (χ0) is 12.2. The number of hydrogen-bond acceptors (Lipinski definition) is 3. The van der Waals surface area contributed by atoms with Gasteiger partial charge in [0.15, 0.2) is 0 Å². The predicted octanol–water partition coefficient (Wildman–Crippen LogP) is 1.30. The van der Waals surface area contributed by atoms with Crippen LogP contribution in [0.2, 0.25) is 0 Å². The highest BCUT2D eigenvalue weighted by atomic mass is 16.4. The maximum Gasteiger partial charge on any atom is 0.323 e. The second-order valence-electron chi connectivity index (χ2n) is 5.19. The van der Waals surface area contributed by atoms with Gasteiger partial charge < -0.3 is 15.7 Å². The molecular weight excluding hydrogens is 204 g/mol. The molecule has 0 amide bonds. The van der Waals surface area contributed by atoms with Crippen molar-refractivity contribution >= 4 is 5.97 Å². The normalized spacial score (nSPS) is 25.6. The first kappa shape index (κ1) is 13.5. The highest BCUT2D eigenvalue weighted by Crippen LogP contribution is 2.20. The molecule has 4 heteroatoms. The van der Waals surface area contributed by atoms with Gasteiger partial charge in [0, 0.05) is 6.54 Å². The standard InChI is InChI=1S/C12H24N2O2/c1-3-10-5-8-14(9-10)7-4-6-12(2,13)11(15)16/h10H,3-9,13H2,1-2H3,(H,15,16). The molecule has 0 radical (unpaired) electrons. The summed E-state index contributed by atoms with van der Waals surface area (Å²) in [6.07, 6.45) is 3.96. The molecule has 2 atom stereocenters. The number of nitrogens with two attached hydrogens (primary N) is 1. The lowest BCUT2D eigenvalue weighted by molar-refractivity contribution is -0.142. The van der Waals surface area contributed by atoms with E-state index in [4.69, 9.17) is 10.8 Å². The third kappa shape index (κ3) is 3.76. The molecular formula is C12H24N2O2. The molecule has 1 aliphatic heterocycles. The molecule has 0 bridgehead atoms. The average Bonchev–Trinajstić information content (AvgIpc) is 2.65. The number of aliphatic carboxylic acids is 1. The summed E-state index contributed by atoms with van der Waals surface area (Å²) in [4.78, 5) is 13.2. The minimum absolute atomic E-state index is 0.551. The van der Waals surface area contributed by atoms with Crippen molar-refractivity contribution in [3.63, 3.8) is 0 Å². The Hall–Kier alpha value is -0.610. The fraction of sp³-hybridized carbons (Fsp3) is 0.917. The Kier molecular flexibility index (Phi) is 4.74. The maximum absolute atomic E-state index is 10.8. The number of hydrogen-bond donors (Lipinski definition) is 2.